The molecule has 1 saturated heterocycles. The van der Waals surface area contributed by atoms with Gasteiger partial charge in [-0.05, 0) is 24.3 Å². The van der Waals surface area contributed by atoms with Gasteiger partial charge in [0.05, 0.1) is 12.2 Å². The molecule has 7 heteroatoms. The van der Waals surface area contributed by atoms with E-state index < -0.39 is 35.7 Å². The highest BCUT2D eigenvalue weighted by atomic mass is 32.2. The van der Waals surface area contributed by atoms with Gasteiger partial charge in [0.25, 0.3) is 0 Å². The predicted molar refractivity (Wildman–Crippen MR) is 99.2 cm³/mol. The molecule has 0 amide bonds. The number of rotatable bonds is 6. The molecule has 27 heavy (non-hydrogen) atoms. The average Bonchev–Trinajstić information content (AvgIpc) is 2.99. The highest BCUT2D eigenvalue weighted by Gasteiger charge is 2.49. The summed E-state index contributed by atoms with van der Waals surface area (Å²) in [4.78, 5) is 25.0. The average molecular weight is 388 g/mol. The summed E-state index contributed by atoms with van der Waals surface area (Å²) in [5, 5.41) is 9.64. The Labute approximate surface area is 161 Å². The number of aliphatic hydroxyl groups is 1. The molecule has 0 aromatic heterocycles. The molecule has 0 saturated carbocycles. The highest BCUT2D eigenvalue weighted by molar-refractivity contribution is 7.99. The van der Waals surface area contributed by atoms with Crippen molar-refractivity contribution in [3.8, 4) is 0 Å². The van der Waals surface area contributed by atoms with Gasteiger partial charge >= 0.3 is 11.9 Å². The van der Waals surface area contributed by atoms with Gasteiger partial charge in [0, 0.05) is 11.8 Å². The van der Waals surface area contributed by atoms with Crippen LogP contribution >= 0.6 is 11.8 Å². The molecule has 2 aromatic carbocycles. The Kier molecular flexibility index (Phi) is 6.49. The van der Waals surface area contributed by atoms with Crippen LogP contribution in [0.2, 0.25) is 0 Å². The zero-order valence-corrected chi connectivity index (χ0v) is 15.5. The number of esters is 2. The minimum absolute atomic E-state index is 0.358. The third kappa shape index (κ3) is 4.88. The van der Waals surface area contributed by atoms with E-state index in [9.17, 15) is 14.7 Å². The standard InChI is InChI=1S/C20H20O6S/c1-13(22)24-17-16(12-21)25-20(27-15-10-6-3-7-11-15)18(17)26-19(23)14-8-4-2-5-9-14/h2-11,16-18,20-21H,12H2,1H3/t16-,17-,18+,20-/m1/s1. The van der Waals surface area contributed by atoms with Crippen LogP contribution in [0.25, 0.3) is 0 Å². The van der Waals surface area contributed by atoms with E-state index >= 15 is 0 Å². The number of hydrogen-bond donors (Lipinski definition) is 1. The Morgan fingerprint density at radius 2 is 1.63 bits per heavy atom. The molecule has 2 aromatic rings. The second kappa shape index (κ2) is 9.03. The van der Waals surface area contributed by atoms with E-state index in [4.69, 9.17) is 14.2 Å². The second-order valence-electron chi connectivity index (χ2n) is 5.97. The zero-order valence-electron chi connectivity index (χ0n) is 14.7. The summed E-state index contributed by atoms with van der Waals surface area (Å²) in [6, 6.07) is 18.0. The lowest BCUT2D eigenvalue weighted by Crippen LogP contribution is -2.40. The van der Waals surface area contributed by atoms with E-state index in [1.165, 1.54) is 18.7 Å². The number of carbonyl (C=O) groups excluding carboxylic acids is 2. The molecule has 4 atom stereocenters. The van der Waals surface area contributed by atoms with Crippen molar-refractivity contribution >= 4 is 23.7 Å². The van der Waals surface area contributed by atoms with Crippen LogP contribution in [-0.2, 0) is 19.0 Å². The molecule has 0 aliphatic carbocycles. The predicted octanol–water partition coefficient (Wildman–Crippen LogP) is 2.65. The van der Waals surface area contributed by atoms with E-state index in [0.29, 0.717) is 5.56 Å². The molecule has 0 spiro atoms. The lowest BCUT2D eigenvalue weighted by atomic mass is 10.1. The Bertz CT molecular complexity index is 767. The van der Waals surface area contributed by atoms with Crippen molar-refractivity contribution in [1.82, 2.24) is 0 Å². The number of thioether (sulfide) groups is 1. The van der Waals surface area contributed by atoms with Crippen molar-refractivity contribution in [1.29, 1.82) is 0 Å². The monoisotopic (exact) mass is 388 g/mol. The highest BCUT2D eigenvalue weighted by Crippen LogP contribution is 2.37. The first-order valence-corrected chi connectivity index (χ1v) is 9.37. The maximum atomic E-state index is 12.5. The van der Waals surface area contributed by atoms with Crippen LogP contribution in [-0.4, -0.2) is 47.4 Å². The molecular formula is C20H20O6S. The Morgan fingerprint density at radius 1 is 1.00 bits per heavy atom. The Hall–Kier alpha value is -2.35. The van der Waals surface area contributed by atoms with Gasteiger partial charge < -0.3 is 19.3 Å². The molecule has 1 fully saturated rings. The molecule has 1 aliphatic heterocycles. The van der Waals surface area contributed by atoms with Crippen molar-refractivity contribution in [2.75, 3.05) is 6.61 Å². The van der Waals surface area contributed by atoms with Crippen LogP contribution in [0.15, 0.2) is 65.6 Å². The quantitative estimate of drug-likeness (QED) is 0.762. The summed E-state index contributed by atoms with van der Waals surface area (Å²) in [7, 11) is 0. The zero-order chi connectivity index (χ0) is 19.2. The van der Waals surface area contributed by atoms with Gasteiger partial charge in [-0.3, -0.25) is 4.79 Å². The van der Waals surface area contributed by atoms with Gasteiger partial charge in [-0.15, -0.1) is 0 Å². The van der Waals surface area contributed by atoms with Gasteiger partial charge in [0.15, 0.2) is 12.2 Å². The Balaban J connectivity index is 1.83. The summed E-state index contributed by atoms with van der Waals surface area (Å²) in [6.07, 6.45) is -2.52. The summed E-state index contributed by atoms with van der Waals surface area (Å²) < 4.78 is 16.8. The topological polar surface area (TPSA) is 82.1 Å². The molecule has 1 heterocycles. The first-order chi connectivity index (χ1) is 13.1. The smallest absolute Gasteiger partial charge is 0.338 e. The van der Waals surface area contributed by atoms with Crippen LogP contribution in [0.4, 0.5) is 0 Å². The minimum atomic E-state index is -0.888. The van der Waals surface area contributed by atoms with Gasteiger partial charge in [0.1, 0.15) is 11.5 Å². The van der Waals surface area contributed by atoms with Crippen molar-refractivity contribution in [3.63, 3.8) is 0 Å². The summed E-state index contributed by atoms with van der Waals surface area (Å²) in [5.41, 5.74) is -0.239. The van der Waals surface area contributed by atoms with Crippen molar-refractivity contribution in [2.45, 2.75) is 35.6 Å². The number of hydrogen-bond acceptors (Lipinski definition) is 7. The van der Waals surface area contributed by atoms with Gasteiger partial charge in [-0.25, -0.2) is 4.79 Å². The maximum absolute atomic E-state index is 12.5. The first-order valence-electron chi connectivity index (χ1n) is 8.49. The molecule has 1 N–H and O–H groups in total. The van der Waals surface area contributed by atoms with Crippen molar-refractivity contribution < 1.29 is 28.9 Å². The van der Waals surface area contributed by atoms with Crippen LogP contribution in [0.1, 0.15) is 17.3 Å². The van der Waals surface area contributed by atoms with Gasteiger partial charge in [-0.1, -0.05) is 48.2 Å². The molecule has 3 rings (SSSR count). The van der Waals surface area contributed by atoms with E-state index in [1.54, 1.807) is 30.3 Å². The minimum Gasteiger partial charge on any atom is -0.456 e. The molecular weight excluding hydrogens is 368 g/mol. The summed E-state index contributed by atoms with van der Waals surface area (Å²) >= 11 is 1.34. The number of aliphatic hydroxyl groups excluding tert-OH is 1. The van der Waals surface area contributed by atoms with Crippen LogP contribution in [0, 0.1) is 0 Å². The number of benzene rings is 2. The van der Waals surface area contributed by atoms with Gasteiger partial charge in [-0.2, -0.15) is 0 Å². The van der Waals surface area contributed by atoms with Crippen molar-refractivity contribution in [3.05, 3.63) is 66.2 Å². The molecule has 1 aliphatic rings. The second-order valence-corrected chi connectivity index (χ2v) is 7.14. The van der Waals surface area contributed by atoms with E-state index in [2.05, 4.69) is 0 Å². The third-order valence-corrected chi connectivity index (χ3v) is 5.15. The number of ether oxygens (including phenoxy) is 3. The van der Waals surface area contributed by atoms with Crippen LogP contribution < -0.4 is 0 Å². The van der Waals surface area contributed by atoms with E-state index in [1.807, 2.05) is 30.3 Å². The fraction of sp³-hybridized carbons (Fsp3) is 0.300. The summed E-state index contributed by atoms with van der Waals surface area (Å²) in [5.74, 6) is -1.08. The lowest BCUT2D eigenvalue weighted by molar-refractivity contribution is -0.154. The van der Waals surface area contributed by atoms with Crippen LogP contribution in [0.5, 0.6) is 0 Å². The fourth-order valence-electron chi connectivity index (χ4n) is 2.79. The third-order valence-electron chi connectivity index (χ3n) is 4.00. The van der Waals surface area contributed by atoms with Crippen molar-refractivity contribution in [2.24, 2.45) is 0 Å². The van der Waals surface area contributed by atoms with E-state index in [-0.39, 0.29) is 6.61 Å². The lowest BCUT2D eigenvalue weighted by Gasteiger charge is -2.23. The Morgan fingerprint density at radius 3 is 2.22 bits per heavy atom. The largest absolute Gasteiger partial charge is 0.456 e. The molecule has 6 nitrogen and oxygen atoms in total. The summed E-state index contributed by atoms with van der Waals surface area (Å²) in [6.45, 7) is 0.908. The maximum Gasteiger partial charge on any atom is 0.338 e. The molecule has 0 radical (unpaired) electrons. The fourth-order valence-corrected chi connectivity index (χ4v) is 3.92. The number of carbonyl (C=O) groups is 2. The molecule has 0 bridgehead atoms. The first kappa shape index (κ1) is 19.4. The van der Waals surface area contributed by atoms with E-state index in [0.717, 1.165) is 4.90 Å². The van der Waals surface area contributed by atoms with Crippen LogP contribution in [0.3, 0.4) is 0 Å². The molecule has 142 valence electrons. The SMILES string of the molecule is CC(=O)O[C@H]1[C@H](OC(=O)c2ccccc2)[C@@H](Sc2ccccc2)O[C@@H]1CO. The normalized spacial score (nSPS) is 24.4. The van der Waals surface area contributed by atoms with Gasteiger partial charge in [0.2, 0.25) is 0 Å². The molecule has 0 unspecified atom stereocenters.